The SMILES string of the molecule is c1ccc(N(c2ccc(-c3cc4c5c(c3)Oc3ccccc3B5c3ccccc3O4)cc2)c2ccc3oc4ccccc4c3c2)cc1. The molecule has 0 saturated carbocycles. The van der Waals surface area contributed by atoms with Gasteiger partial charge in [-0.1, -0.05) is 84.9 Å². The van der Waals surface area contributed by atoms with Crippen LogP contribution in [0.2, 0.25) is 0 Å². The van der Waals surface area contributed by atoms with E-state index in [4.69, 9.17) is 13.9 Å². The van der Waals surface area contributed by atoms with E-state index in [9.17, 15) is 0 Å². The molecule has 47 heavy (non-hydrogen) atoms. The number of hydrogen-bond donors (Lipinski definition) is 0. The van der Waals surface area contributed by atoms with Crippen molar-refractivity contribution >= 4 is 62.1 Å². The molecule has 0 aliphatic carbocycles. The summed E-state index contributed by atoms with van der Waals surface area (Å²) in [6.07, 6.45) is 0. The van der Waals surface area contributed by atoms with Crippen molar-refractivity contribution < 1.29 is 13.9 Å². The van der Waals surface area contributed by atoms with Gasteiger partial charge in [-0.25, -0.2) is 0 Å². The molecule has 0 amide bonds. The van der Waals surface area contributed by atoms with Gasteiger partial charge < -0.3 is 18.8 Å². The summed E-state index contributed by atoms with van der Waals surface area (Å²) in [4.78, 5) is 2.28. The summed E-state index contributed by atoms with van der Waals surface area (Å²) in [7, 11) is 0. The summed E-state index contributed by atoms with van der Waals surface area (Å²) >= 11 is 0. The lowest BCUT2D eigenvalue weighted by Crippen LogP contribution is -2.57. The first kappa shape index (κ1) is 26.1. The largest absolute Gasteiger partial charge is 0.458 e. The van der Waals surface area contributed by atoms with Crippen molar-refractivity contribution in [1.29, 1.82) is 0 Å². The Morgan fingerprint density at radius 1 is 0.404 bits per heavy atom. The standard InChI is InChI=1S/C42H26BNO3/c1-2-10-29(11-3-1)44(31-22-23-37-33(26-31)32-12-4-7-15-36(32)45-37)30-20-18-27(19-21-30)28-24-40-42-41(25-28)47-39-17-9-6-14-35(39)43(42)34-13-5-8-16-38(34)46-40/h1-26H. The minimum absolute atomic E-state index is 0.0652. The molecule has 0 fully saturated rings. The zero-order chi connectivity index (χ0) is 30.9. The number of benzene rings is 7. The topological polar surface area (TPSA) is 34.8 Å². The summed E-state index contributed by atoms with van der Waals surface area (Å²) in [5.41, 5.74) is 10.5. The van der Waals surface area contributed by atoms with Gasteiger partial charge in [0.2, 0.25) is 0 Å². The number of fused-ring (bicyclic) bond motifs is 7. The third kappa shape index (κ3) is 4.10. The molecule has 0 saturated heterocycles. The molecule has 2 aliphatic heterocycles. The van der Waals surface area contributed by atoms with Gasteiger partial charge in [0.15, 0.2) is 0 Å². The highest BCUT2D eigenvalue weighted by atomic mass is 16.5. The Bertz CT molecular complexity index is 2420. The molecule has 2 aliphatic rings. The Labute approximate surface area is 272 Å². The predicted molar refractivity (Wildman–Crippen MR) is 192 cm³/mol. The molecule has 4 nitrogen and oxygen atoms in total. The molecule has 7 aromatic carbocycles. The summed E-state index contributed by atoms with van der Waals surface area (Å²) in [6.45, 7) is 0.0652. The molecular weight excluding hydrogens is 577 g/mol. The van der Waals surface area contributed by atoms with Crippen LogP contribution in [0.15, 0.2) is 162 Å². The normalized spacial score (nSPS) is 12.6. The molecule has 0 bridgehead atoms. The molecule has 1 aromatic heterocycles. The molecule has 0 atom stereocenters. The predicted octanol–water partition coefficient (Wildman–Crippen LogP) is 9.45. The average Bonchev–Trinajstić information content (AvgIpc) is 3.50. The van der Waals surface area contributed by atoms with Crippen molar-refractivity contribution in [3.8, 4) is 34.1 Å². The van der Waals surface area contributed by atoms with Crippen molar-refractivity contribution in [3.05, 3.63) is 158 Å². The molecule has 0 radical (unpaired) electrons. The van der Waals surface area contributed by atoms with Gasteiger partial charge in [0, 0.05) is 33.3 Å². The summed E-state index contributed by atoms with van der Waals surface area (Å²) < 4.78 is 19.2. The highest BCUT2D eigenvalue weighted by molar-refractivity contribution is 6.98. The van der Waals surface area contributed by atoms with E-state index in [1.165, 1.54) is 0 Å². The van der Waals surface area contributed by atoms with Crippen LogP contribution in [0.3, 0.4) is 0 Å². The number of rotatable bonds is 4. The maximum atomic E-state index is 6.54. The highest BCUT2D eigenvalue weighted by Crippen LogP contribution is 2.41. The van der Waals surface area contributed by atoms with Crippen LogP contribution in [-0.4, -0.2) is 6.71 Å². The Balaban J connectivity index is 1.07. The van der Waals surface area contributed by atoms with Gasteiger partial charge in [0.05, 0.1) is 0 Å². The highest BCUT2D eigenvalue weighted by Gasteiger charge is 2.40. The van der Waals surface area contributed by atoms with Crippen molar-refractivity contribution in [2.24, 2.45) is 0 Å². The maximum Gasteiger partial charge on any atom is 0.260 e. The number of anilines is 3. The first-order valence-electron chi connectivity index (χ1n) is 15.9. The van der Waals surface area contributed by atoms with Crippen LogP contribution in [0.4, 0.5) is 17.1 Å². The fraction of sp³-hybridized carbons (Fsp3) is 0. The second-order valence-electron chi connectivity index (χ2n) is 12.1. The van der Waals surface area contributed by atoms with Crippen LogP contribution in [0.5, 0.6) is 23.0 Å². The monoisotopic (exact) mass is 603 g/mol. The number of nitrogens with zero attached hydrogens (tertiary/aromatic N) is 1. The fourth-order valence-corrected chi connectivity index (χ4v) is 7.24. The molecule has 0 unspecified atom stereocenters. The lowest BCUT2D eigenvalue weighted by atomic mass is 9.35. The molecule has 10 rings (SSSR count). The second kappa shape index (κ2) is 10.2. The van der Waals surface area contributed by atoms with Gasteiger partial charge in [-0.2, -0.15) is 0 Å². The van der Waals surface area contributed by atoms with E-state index in [1.807, 2.05) is 30.3 Å². The van der Waals surface area contributed by atoms with Gasteiger partial charge in [-0.3, -0.25) is 0 Å². The summed E-state index contributed by atoms with van der Waals surface area (Å²) in [5, 5.41) is 2.21. The number of ether oxygens (including phenoxy) is 2. The third-order valence-electron chi connectivity index (χ3n) is 9.38. The molecule has 0 spiro atoms. The minimum atomic E-state index is 0.0652. The van der Waals surface area contributed by atoms with Crippen LogP contribution in [-0.2, 0) is 0 Å². The van der Waals surface area contributed by atoms with Gasteiger partial charge in [-0.05, 0) is 94.8 Å². The maximum absolute atomic E-state index is 6.54. The Kier molecular flexibility index (Phi) is 5.63. The fourth-order valence-electron chi connectivity index (χ4n) is 7.24. The molecule has 3 heterocycles. The van der Waals surface area contributed by atoms with Crippen LogP contribution < -0.4 is 30.8 Å². The quantitative estimate of drug-likeness (QED) is 0.188. The van der Waals surface area contributed by atoms with E-state index in [1.54, 1.807) is 0 Å². The molecular formula is C42H26BNO3. The number of hydrogen-bond acceptors (Lipinski definition) is 4. The van der Waals surface area contributed by atoms with Gasteiger partial charge in [0.25, 0.3) is 6.71 Å². The minimum Gasteiger partial charge on any atom is -0.458 e. The molecule has 220 valence electrons. The summed E-state index contributed by atoms with van der Waals surface area (Å²) in [6, 6.07) is 54.8. The van der Waals surface area contributed by atoms with Gasteiger partial charge in [-0.15, -0.1) is 0 Å². The van der Waals surface area contributed by atoms with Crippen molar-refractivity contribution in [1.82, 2.24) is 0 Å². The molecule has 5 heteroatoms. The van der Waals surface area contributed by atoms with Gasteiger partial charge >= 0.3 is 0 Å². The van der Waals surface area contributed by atoms with Gasteiger partial charge in [0.1, 0.15) is 34.2 Å². The first-order chi connectivity index (χ1) is 23.3. The molecule has 0 N–H and O–H groups in total. The van der Waals surface area contributed by atoms with Crippen molar-refractivity contribution in [2.75, 3.05) is 4.90 Å². The lowest BCUT2D eigenvalue weighted by molar-refractivity contribution is 0.465. The first-order valence-corrected chi connectivity index (χ1v) is 15.9. The average molecular weight is 603 g/mol. The number of furan rings is 1. The number of para-hydroxylation sites is 4. The van der Waals surface area contributed by atoms with Crippen LogP contribution in [0, 0.1) is 0 Å². The van der Waals surface area contributed by atoms with Crippen molar-refractivity contribution in [3.63, 3.8) is 0 Å². The third-order valence-corrected chi connectivity index (χ3v) is 9.38. The Hall–Kier alpha value is -6.20. The van der Waals surface area contributed by atoms with E-state index in [-0.39, 0.29) is 6.71 Å². The van der Waals surface area contributed by atoms with Crippen LogP contribution >= 0.6 is 0 Å². The Morgan fingerprint density at radius 3 is 1.70 bits per heavy atom. The van der Waals surface area contributed by atoms with Crippen LogP contribution in [0.1, 0.15) is 0 Å². The van der Waals surface area contributed by atoms with Crippen molar-refractivity contribution in [2.45, 2.75) is 0 Å². The summed E-state index contributed by atoms with van der Waals surface area (Å²) in [5.74, 6) is 3.46. The van der Waals surface area contributed by atoms with E-state index < -0.39 is 0 Å². The Morgan fingerprint density at radius 2 is 0.979 bits per heavy atom. The second-order valence-corrected chi connectivity index (χ2v) is 12.1. The van der Waals surface area contributed by atoms with Crippen LogP contribution in [0.25, 0.3) is 33.1 Å². The van der Waals surface area contributed by atoms with E-state index in [0.29, 0.717) is 0 Å². The zero-order valence-corrected chi connectivity index (χ0v) is 25.3. The van der Waals surface area contributed by atoms with E-state index in [2.05, 4.69) is 132 Å². The van der Waals surface area contributed by atoms with E-state index >= 15 is 0 Å². The smallest absolute Gasteiger partial charge is 0.260 e. The molecule has 8 aromatic rings. The lowest BCUT2D eigenvalue weighted by Gasteiger charge is -2.33. The zero-order valence-electron chi connectivity index (χ0n) is 25.3. The van der Waals surface area contributed by atoms with E-state index in [0.717, 1.165) is 89.5 Å².